The molecule has 0 unspecified atom stereocenters. The maximum atomic E-state index is 12.6. The number of carbonyl (C=O) groups excluding carboxylic acids is 1. The minimum absolute atomic E-state index is 0.0937. The van der Waals surface area contributed by atoms with E-state index in [-0.39, 0.29) is 12.1 Å². The lowest BCUT2D eigenvalue weighted by molar-refractivity contribution is 0.0344. The van der Waals surface area contributed by atoms with E-state index in [1.807, 2.05) is 37.3 Å². The van der Waals surface area contributed by atoms with Crippen molar-refractivity contribution in [3.8, 4) is 33.8 Å². The van der Waals surface area contributed by atoms with Gasteiger partial charge in [-0.15, -0.1) is 0 Å². The van der Waals surface area contributed by atoms with Crippen LogP contribution in [0.1, 0.15) is 22.5 Å². The normalized spacial score (nSPS) is 15.3. The van der Waals surface area contributed by atoms with Crippen LogP contribution in [0, 0.1) is 6.92 Å². The first-order chi connectivity index (χ1) is 17.6. The zero-order valence-corrected chi connectivity index (χ0v) is 19.7. The molecule has 0 amide bonds. The number of carbonyl (C=O) groups is 1. The largest absolute Gasteiger partial charge is 0.457 e. The lowest BCUT2D eigenvalue weighted by Crippen LogP contribution is -2.20. The Morgan fingerprint density at radius 2 is 1.89 bits per heavy atom. The van der Waals surface area contributed by atoms with Gasteiger partial charge in [0.1, 0.15) is 6.10 Å². The van der Waals surface area contributed by atoms with E-state index in [1.165, 1.54) is 0 Å². The molecule has 36 heavy (non-hydrogen) atoms. The summed E-state index contributed by atoms with van der Waals surface area (Å²) in [6.07, 6.45) is 7.49. The van der Waals surface area contributed by atoms with Gasteiger partial charge in [0.15, 0.2) is 0 Å². The minimum atomic E-state index is -0.357. The van der Waals surface area contributed by atoms with Gasteiger partial charge < -0.3 is 15.0 Å². The summed E-state index contributed by atoms with van der Waals surface area (Å²) in [6, 6.07) is 15.9. The standard InChI is InChI=1S/C28H24N6O2/c1-17-3-2-4-25(34-17)27-26(32-16-33-27)18-5-6-24-19(9-18)10-21(14-31-24)20-11-22(13-30-12-20)28(35)36-23-7-8-29-15-23/h2-6,9-14,16,23,29H,7-8,15H2,1H3,(H,32,33)/t23-/m0/s1. The Kier molecular flexibility index (Phi) is 5.71. The highest BCUT2D eigenvalue weighted by Gasteiger charge is 2.20. The Labute approximate surface area is 207 Å². The second-order valence-electron chi connectivity index (χ2n) is 8.90. The molecule has 178 valence electrons. The van der Waals surface area contributed by atoms with Crippen LogP contribution in [0.25, 0.3) is 44.7 Å². The molecule has 4 aromatic heterocycles. The van der Waals surface area contributed by atoms with Crippen molar-refractivity contribution in [1.82, 2.24) is 30.2 Å². The van der Waals surface area contributed by atoms with Gasteiger partial charge in [0, 0.05) is 52.9 Å². The number of benzene rings is 1. The van der Waals surface area contributed by atoms with E-state index in [1.54, 1.807) is 31.0 Å². The molecule has 1 atom stereocenters. The van der Waals surface area contributed by atoms with Crippen molar-refractivity contribution in [2.24, 2.45) is 0 Å². The Morgan fingerprint density at radius 1 is 1.00 bits per heavy atom. The number of nitrogens with zero attached hydrogens (tertiary/aromatic N) is 4. The van der Waals surface area contributed by atoms with Gasteiger partial charge in [-0.3, -0.25) is 15.0 Å². The summed E-state index contributed by atoms with van der Waals surface area (Å²) in [5, 5.41) is 4.16. The molecule has 8 nitrogen and oxygen atoms in total. The van der Waals surface area contributed by atoms with Crippen molar-refractivity contribution in [3.05, 3.63) is 84.7 Å². The molecule has 0 aliphatic carbocycles. The number of hydrogen-bond acceptors (Lipinski definition) is 7. The molecule has 1 aromatic carbocycles. The van der Waals surface area contributed by atoms with Gasteiger partial charge in [-0.2, -0.15) is 0 Å². The van der Waals surface area contributed by atoms with Crippen LogP contribution in [0.2, 0.25) is 0 Å². The van der Waals surface area contributed by atoms with E-state index in [4.69, 9.17) is 4.74 Å². The number of pyridine rings is 3. The molecular formula is C28H24N6O2. The van der Waals surface area contributed by atoms with E-state index in [0.717, 1.165) is 63.3 Å². The Morgan fingerprint density at radius 3 is 2.75 bits per heavy atom. The topological polar surface area (TPSA) is 106 Å². The zero-order chi connectivity index (χ0) is 24.5. The minimum Gasteiger partial charge on any atom is -0.457 e. The van der Waals surface area contributed by atoms with Crippen molar-refractivity contribution in [2.45, 2.75) is 19.4 Å². The van der Waals surface area contributed by atoms with Gasteiger partial charge in [0.25, 0.3) is 0 Å². The number of H-pyrrole nitrogens is 1. The number of imidazole rings is 1. The van der Waals surface area contributed by atoms with Crippen molar-refractivity contribution < 1.29 is 9.53 Å². The molecule has 1 fully saturated rings. The molecule has 5 aromatic rings. The van der Waals surface area contributed by atoms with E-state index in [0.29, 0.717) is 12.1 Å². The quantitative estimate of drug-likeness (QED) is 0.358. The summed E-state index contributed by atoms with van der Waals surface area (Å²) in [5.74, 6) is -0.357. The highest BCUT2D eigenvalue weighted by molar-refractivity contribution is 5.92. The molecule has 0 saturated carbocycles. The van der Waals surface area contributed by atoms with Crippen LogP contribution in [0.15, 0.2) is 73.4 Å². The number of aromatic nitrogens is 5. The molecular weight excluding hydrogens is 452 g/mol. The van der Waals surface area contributed by atoms with Crippen molar-refractivity contribution in [2.75, 3.05) is 13.1 Å². The van der Waals surface area contributed by atoms with Gasteiger partial charge in [0.05, 0.1) is 34.5 Å². The molecule has 6 rings (SSSR count). The third-order valence-corrected chi connectivity index (χ3v) is 6.33. The first kappa shape index (κ1) is 22.1. The predicted octanol–water partition coefficient (Wildman–Crippen LogP) is 4.58. The van der Waals surface area contributed by atoms with E-state index in [2.05, 4.69) is 42.4 Å². The van der Waals surface area contributed by atoms with Crippen LogP contribution in [0.3, 0.4) is 0 Å². The van der Waals surface area contributed by atoms with Crippen molar-refractivity contribution in [3.63, 3.8) is 0 Å². The monoisotopic (exact) mass is 476 g/mol. The Balaban J connectivity index is 1.33. The lowest BCUT2D eigenvalue weighted by Gasteiger charge is -2.11. The molecule has 0 radical (unpaired) electrons. The first-order valence-electron chi connectivity index (χ1n) is 11.9. The van der Waals surface area contributed by atoms with Gasteiger partial charge in [-0.1, -0.05) is 12.1 Å². The van der Waals surface area contributed by atoms with Crippen LogP contribution < -0.4 is 5.32 Å². The number of nitrogens with one attached hydrogen (secondary N) is 2. The van der Waals surface area contributed by atoms with E-state index >= 15 is 0 Å². The summed E-state index contributed by atoms with van der Waals surface area (Å²) in [5.41, 5.74) is 7.42. The second-order valence-corrected chi connectivity index (χ2v) is 8.90. The van der Waals surface area contributed by atoms with Gasteiger partial charge >= 0.3 is 5.97 Å². The summed E-state index contributed by atoms with van der Waals surface area (Å²) >= 11 is 0. The highest BCUT2D eigenvalue weighted by Crippen LogP contribution is 2.31. The summed E-state index contributed by atoms with van der Waals surface area (Å²) in [6.45, 7) is 3.52. The predicted molar refractivity (Wildman–Crippen MR) is 137 cm³/mol. The molecule has 1 saturated heterocycles. The van der Waals surface area contributed by atoms with Crippen LogP contribution >= 0.6 is 0 Å². The molecule has 2 N–H and O–H groups in total. The Bertz CT molecular complexity index is 1570. The van der Waals surface area contributed by atoms with Crippen LogP contribution in [0.4, 0.5) is 0 Å². The van der Waals surface area contributed by atoms with E-state index < -0.39 is 0 Å². The van der Waals surface area contributed by atoms with E-state index in [9.17, 15) is 4.79 Å². The van der Waals surface area contributed by atoms with Crippen LogP contribution in [-0.2, 0) is 4.74 Å². The maximum absolute atomic E-state index is 12.6. The molecule has 5 heterocycles. The smallest absolute Gasteiger partial charge is 0.340 e. The molecule has 8 heteroatoms. The SMILES string of the molecule is Cc1cccc(-c2[nH]cnc2-c2ccc3ncc(-c4cncc(C(=O)O[C@H]5CCNC5)c4)cc3c2)n1. The average molecular weight is 477 g/mol. The third kappa shape index (κ3) is 4.34. The number of esters is 1. The first-order valence-corrected chi connectivity index (χ1v) is 11.9. The fourth-order valence-electron chi connectivity index (χ4n) is 4.49. The third-order valence-electron chi connectivity index (χ3n) is 6.33. The summed E-state index contributed by atoms with van der Waals surface area (Å²) in [7, 11) is 0. The summed E-state index contributed by atoms with van der Waals surface area (Å²) < 4.78 is 5.60. The molecule has 1 aliphatic heterocycles. The van der Waals surface area contributed by atoms with Gasteiger partial charge in [-0.25, -0.2) is 9.78 Å². The molecule has 1 aliphatic rings. The number of rotatable bonds is 5. The number of aryl methyl sites for hydroxylation is 1. The number of aromatic amines is 1. The number of hydrogen-bond donors (Lipinski definition) is 2. The summed E-state index contributed by atoms with van der Waals surface area (Å²) in [4.78, 5) is 34.0. The van der Waals surface area contributed by atoms with Crippen molar-refractivity contribution in [1.29, 1.82) is 0 Å². The van der Waals surface area contributed by atoms with Gasteiger partial charge in [0.2, 0.25) is 0 Å². The maximum Gasteiger partial charge on any atom is 0.340 e. The molecule has 0 spiro atoms. The second kappa shape index (κ2) is 9.31. The van der Waals surface area contributed by atoms with Crippen LogP contribution in [-0.4, -0.2) is 50.1 Å². The number of fused-ring (bicyclic) bond motifs is 1. The average Bonchev–Trinajstić information content (AvgIpc) is 3.61. The molecule has 0 bridgehead atoms. The Hall–Kier alpha value is -4.43. The van der Waals surface area contributed by atoms with Crippen molar-refractivity contribution >= 4 is 16.9 Å². The fraction of sp³-hybridized carbons (Fsp3) is 0.179. The fourth-order valence-corrected chi connectivity index (χ4v) is 4.49. The highest BCUT2D eigenvalue weighted by atomic mass is 16.5. The van der Waals surface area contributed by atoms with Crippen LogP contribution in [0.5, 0.6) is 0 Å². The van der Waals surface area contributed by atoms with Gasteiger partial charge in [-0.05, 0) is 56.3 Å². The number of ether oxygens (including phenoxy) is 1. The zero-order valence-electron chi connectivity index (χ0n) is 19.7. The lowest BCUT2D eigenvalue weighted by atomic mass is 10.0.